The smallest absolute Gasteiger partial charge is 0.290 e. The summed E-state index contributed by atoms with van der Waals surface area (Å²) in [6.07, 6.45) is 1.66. The lowest BCUT2D eigenvalue weighted by molar-refractivity contribution is -0.122. The predicted octanol–water partition coefficient (Wildman–Crippen LogP) is 1.27. The van der Waals surface area contributed by atoms with E-state index in [1.807, 2.05) is 0 Å². The Morgan fingerprint density at radius 3 is 2.50 bits per heavy atom. The Hall–Kier alpha value is -1.43. The molecule has 3 N–H and O–H groups in total. The van der Waals surface area contributed by atoms with Gasteiger partial charge in [0.2, 0.25) is 0 Å². The minimum Gasteiger partial charge on any atom is -0.327 e. The number of nitrogens with zero attached hydrogens (tertiary/aromatic N) is 1. The molecule has 82 valence electrons. The van der Waals surface area contributed by atoms with E-state index in [0.29, 0.717) is 10.7 Å². The first-order valence-electron chi connectivity index (χ1n) is 4.45. The van der Waals surface area contributed by atoms with Crippen LogP contribution < -0.4 is 11.2 Å². The van der Waals surface area contributed by atoms with Gasteiger partial charge in [-0.05, 0) is 36.0 Å². The maximum atomic E-state index is 11.5. The number of halogens is 1. The summed E-state index contributed by atoms with van der Waals surface area (Å²) in [5, 5.41) is 4.47. The molecular formula is C10H8ClN3OS. The molecule has 0 atom stereocenters. The summed E-state index contributed by atoms with van der Waals surface area (Å²) in [7, 11) is 0. The zero-order chi connectivity index (χ0) is 11.7. The fraction of sp³-hybridized carbons (Fsp3) is 0. The molecule has 1 aromatic carbocycles. The fourth-order valence-electron chi connectivity index (χ4n) is 1.27. The Kier molecular flexibility index (Phi) is 2.91. The van der Waals surface area contributed by atoms with Gasteiger partial charge in [-0.3, -0.25) is 4.79 Å². The van der Waals surface area contributed by atoms with Crippen molar-refractivity contribution in [3.05, 3.63) is 40.5 Å². The summed E-state index contributed by atoms with van der Waals surface area (Å²) in [6.45, 7) is 0. The molecule has 0 spiro atoms. The largest absolute Gasteiger partial charge is 0.327 e. The zero-order valence-corrected chi connectivity index (χ0v) is 9.68. The maximum absolute atomic E-state index is 11.5. The summed E-state index contributed by atoms with van der Waals surface area (Å²) in [5.41, 5.74) is 1.20. The number of carbonyl (C=O) groups excluding carboxylic acids is 1. The molecule has 1 aliphatic heterocycles. The van der Waals surface area contributed by atoms with E-state index < -0.39 is 0 Å². The molecule has 0 aromatic heterocycles. The molecule has 1 amide bonds. The lowest BCUT2D eigenvalue weighted by Gasteiger charge is -2.02. The molecule has 4 nitrogen and oxygen atoms in total. The first-order valence-corrected chi connectivity index (χ1v) is 5.24. The van der Waals surface area contributed by atoms with E-state index >= 15 is 0 Å². The molecule has 6 heteroatoms. The van der Waals surface area contributed by atoms with Gasteiger partial charge in [0.25, 0.3) is 5.91 Å². The molecule has 1 aliphatic rings. The molecule has 1 saturated heterocycles. The van der Waals surface area contributed by atoms with E-state index in [2.05, 4.69) is 5.32 Å². The van der Waals surface area contributed by atoms with Crippen molar-refractivity contribution >= 4 is 40.9 Å². The molecule has 1 fully saturated rings. The van der Waals surface area contributed by atoms with Crippen LogP contribution in [0.4, 0.5) is 0 Å². The first-order chi connectivity index (χ1) is 7.58. The minimum atomic E-state index is -0.347. The van der Waals surface area contributed by atoms with Crippen LogP contribution in [0.1, 0.15) is 5.56 Å². The second-order valence-electron chi connectivity index (χ2n) is 3.21. The van der Waals surface area contributed by atoms with Gasteiger partial charge in [0.15, 0.2) is 5.11 Å². The van der Waals surface area contributed by atoms with Gasteiger partial charge in [0.05, 0.1) is 0 Å². The third kappa shape index (κ3) is 2.06. The summed E-state index contributed by atoms with van der Waals surface area (Å²) >= 11 is 10.6. The standard InChI is InChI=1S/C10H8ClN3OS/c11-7-3-1-6(2-4-7)5-8-9(15)14(12)10(16)13-8/h1-5H,12H2,(H,13,16)/b8-5-. The van der Waals surface area contributed by atoms with Gasteiger partial charge in [0.1, 0.15) is 5.70 Å². The van der Waals surface area contributed by atoms with Crippen LogP contribution in [0.5, 0.6) is 0 Å². The minimum absolute atomic E-state index is 0.199. The number of amides is 1. The van der Waals surface area contributed by atoms with E-state index in [4.69, 9.17) is 29.7 Å². The molecule has 0 bridgehead atoms. The van der Waals surface area contributed by atoms with Crippen molar-refractivity contribution in [2.75, 3.05) is 0 Å². The highest BCUT2D eigenvalue weighted by atomic mass is 35.5. The Morgan fingerprint density at radius 1 is 1.38 bits per heavy atom. The van der Waals surface area contributed by atoms with Gasteiger partial charge in [-0.2, -0.15) is 0 Å². The van der Waals surface area contributed by atoms with E-state index in [1.165, 1.54) is 0 Å². The van der Waals surface area contributed by atoms with Crippen LogP contribution in [0.3, 0.4) is 0 Å². The fourth-order valence-corrected chi connectivity index (χ4v) is 1.59. The molecular weight excluding hydrogens is 246 g/mol. The van der Waals surface area contributed by atoms with Crippen molar-refractivity contribution in [1.29, 1.82) is 0 Å². The number of hydrazine groups is 1. The molecule has 2 rings (SSSR count). The Balaban J connectivity index is 2.29. The van der Waals surface area contributed by atoms with Crippen molar-refractivity contribution in [2.24, 2.45) is 5.84 Å². The van der Waals surface area contributed by atoms with Gasteiger partial charge < -0.3 is 5.32 Å². The van der Waals surface area contributed by atoms with E-state index in [-0.39, 0.29) is 11.0 Å². The van der Waals surface area contributed by atoms with Gasteiger partial charge in [-0.15, -0.1) is 0 Å². The summed E-state index contributed by atoms with van der Waals surface area (Å²) < 4.78 is 0. The second kappa shape index (κ2) is 4.21. The van der Waals surface area contributed by atoms with Crippen LogP contribution in [0.2, 0.25) is 5.02 Å². The summed E-state index contributed by atoms with van der Waals surface area (Å²) in [6, 6.07) is 7.08. The molecule has 1 heterocycles. The van der Waals surface area contributed by atoms with Gasteiger partial charge in [-0.25, -0.2) is 10.9 Å². The number of carbonyl (C=O) groups is 1. The van der Waals surface area contributed by atoms with Crippen LogP contribution in [-0.4, -0.2) is 16.0 Å². The van der Waals surface area contributed by atoms with Crippen molar-refractivity contribution in [3.63, 3.8) is 0 Å². The van der Waals surface area contributed by atoms with E-state index in [9.17, 15) is 4.79 Å². The van der Waals surface area contributed by atoms with Gasteiger partial charge in [-0.1, -0.05) is 23.7 Å². The van der Waals surface area contributed by atoms with E-state index in [1.54, 1.807) is 30.3 Å². The van der Waals surface area contributed by atoms with Gasteiger partial charge >= 0.3 is 0 Å². The first kappa shape index (κ1) is 11.1. The Bertz CT molecular complexity index is 483. The van der Waals surface area contributed by atoms with Crippen molar-refractivity contribution in [2.45, 2.75) is 0 Å². The van der Waals surface area contributed by atoms with Crippen molar-refractivity contribution in [1.82, 2.24) is 10.3 Å². The molecule has 0 unspecified atom stereocenters. The highest BCUT2D eigenvalue weighted by molar-refractivity contribution is 7.80. The number of hydrogen-bond acceptors (Lipinski definition) is 3. The van der Waals surface area contributed by atoms with Crippen LogP contribution in [0.25, 0.3) is 6.08 Å². The highest BCUT2D eigenvalue weighted by Gasteiger charge is 2.27. The maximum Gasteiger partial charge on any atom is 0.290 e. The van der Waals surface area contributed by atoms with Crippen LogP contribution >= 0.6 is 23.8 Å². The molecule has 1 aromatic rings. The molecule has 16 heavy (non-hydrogen) atoms. The van der Waals surface area contributed by atoms with Crippen molar-refractivity contribution in [3.8, 4) is 0 Å². The second-order valence-corrected chi connectivity index (χ2v) is 4.04. The monoisotopic (exact) mass is 253 g/mol. The average molecular weight is 254 g/mol. The predicted molar refractivity (Wildman–Crippen MR) is 66.2 cm³/mol. The van der Waals surface area contributed by atoms with E-state index in [0.717, 1.165) is 10.6 Å². The van der Waals surface area contributed by atoms with Crippen molar-refractivity contribution < 1.29 is 4.79 Å². The quantitative estimate of drug-likeness (QED) is 0.343. The topological polar surface area (TPSA) is 58.4 Å². The zero-order valence-electron chi connectivity index (χ0n) is 8.11. The lowest BCUT2D eigenvalue weighted by Crippen LogP contribution is -2.36. The summed E-state index contributed by atoms with van der Waals surface area (Å²) in [5.74, 6) is 5.06. The number of rotatable bonds is 1. The molecule has 0 radical (unpaired) electrons. The third-order valence-electron chi connectivity index (χ3n) is 2.09. The number of benzene rings is 1. The third-order valence-corrected chi connectivity index (χ3v) is 2.64. The SMILES string of the molecule is NN1C(=O)/C(=C/c2ccc(Cl)cc2)NC1=S. The Labute approximate surface area is 103 Å². The normalized spacial score (nSPS) is 18.1. The van der Waals surface area contributed by atoms with Crippen LogP contribution in [0, 0.1) is 0 Å². The lowest BCUT2D eigenvalue weighted by atomic mass is 10.2. The molecule has 0 saturated carbocycles. The van der Waals surface area contributed by atoms with Crippen LogP contribution in [-0.2, 0) is 4.79 Å². The van der Waals surface area contributed by atoms with Crippen LogP contribution in [0.15, 0.2) is 30.0 Å². The summed E-state index contributed by atoms with van der Waals surface area (Å²) in [4.78, 5) is 11.5. The number of thiocarbonyl (C=S) groups is 1. The molecule has 0 aliphatic carbocycles. The number of hydrogen-bond donors (Lipinski definition) is 2. The van der Waals surface area contributed by atoms with Gasteiger partial charge in [0, 0.05) is 5.02 Å². The average Bonchev–Trinajstić information content (AvgIpc) is 2.50. The Morgan fingerprint density at radius 2 is 2.00 bits per heavy atom. The highest BCUT2D eigenvalue weighted by Crippen LogP contribution is 2.14. The number of nitrogens with one attached hydrogen (secondary N) is 1. The number of nitrogens with two attached hydrogens (primary N) is 1.